The number of aryl methyl sites for hydroxylation is 1. The summed E-state index contributed by atoms with van der Waals surface area (Å²) in [6.07, 6.45) is 2.62. The summed E-state index contributed by atoms with van der Waals surface area (Å²) in [5, 5.41) is 27.1. The summed E-state index contributed by atoms with van der Waals surface area (Å²) in [5.41, 5.74) is 2.74. The van der Waals surface area contributed by atoms with Crippen LogP contribution in [0.4, 0.5) is 5.69 Å². The number of nitro benzene ring substituents is 1. The molecular weight excluding hydrogens is 272 g/mol. The molecule has 1 heterocycles. The van der Waals surface area contributed by atoms with Crippen LogP contribution < -0.4 is 5.32 Å². The molecule has 1 aromatic heterocycles. The van der Waals surface area contributed by atoms with Gasteiger partial charge in [-0.05, 0) is 25.1 Å². The lowest BCUT2D eigenvalue weighted by Crippen LogP contribution is -2.15. The third-order valence-corrected chi connectivity index (χ3v) is 3.08. The molecule has 0 aliphatic rings. The molecule has 0 saturated heterocycles. The second-order valence-corrected chi connectivity index (χ2v) is 4.73. The first-order chi connectivity index (χ1) is 10.1. The zero-order valence-electron chi connectivity index (χ0n) is 11.8. The van der Waals surface area contributed by atoms with E-state index in [0.29, 0.717) is 13.0 Å². The average Bonchev–Trinajstić information content (AvgIpc) is 2.85. The van der Waals surface area contributed by atoms with Gasteiger partial charge >= 0.3 is 0 Å². The molecule has 1 aromatic carbocycles. The highest BCUT2D eigenvalue weighted by Gasteiger charge is 2.11. The van der Waals surface area contributed by atoms with E-state index in [2.05, 4.69) is 10.4 Å². The molecule has 21 heavy (non-hydrogen) atoms. The van der Waals surface area contributed by atoms with Crippen molar-refractivity contribution in [3.05, 3.63) is 46.1 Å². The van der Waals surface area contributed by atoms with Gasteiger partial charge in [-0.25, -0.2) is 0 Å². The molecule has 0 spiro atoms. The number of aliphatic hydroxyl groups excluding tert-OH is 1. The zero-order chi connectivity index (χ0) is 15.2. The van der Waals surface area contributed by atoms with Gasteiger partial charge in [0.15, 0.2) is 0 Å². The van der Waals surface area contributed by atoms with Gasteiger partial charge in [0.25, 0.3) is 5.69 Å². The van der Waals surface area contributed by atoms with E-state index in [1.165, 1.54) is 12.1 Å². The molecule has 0 fully saturated rings. The average molecular weight is 290 g/mol. The second kappa shape index (κ2) is 6.96. The number of aliphatic hydroxyl groups is 1. The number of hydrogen-bond donors (Lipinski definition) is 2. The SMILES string of the molecule is Cn1cc(CNCCCO)c(-c2ccc([N+](=O)[O-])cc2)n1. The van der Waals surface area contributed by atoms with Crippen LogP contribution in [0.2, 0.25) is 0 Å². The van der Waals surface area contributed by atoms with E-state index in [-0.39, 0.29) is 12.3 Å². The van der Waals surface area contributed by atoms with Crippen LogP contribution in [0.25, 0.3) is 11.3 Å². The maximum Gasteiger partial charge on any atom is 0.269 e. The minimum absolute atomic E-state index is 0.0669. The molecule has 0 amide bonds. The van der Waals surface area contributed by atoms with Gasteiger partial charge in [-0.15, -0.1) is 0 Å². The monoisotopic (exact) mass is 290 g/mol. The first kappa shape index (κ1) is 15.1. The fourth-order valence-electron chi connectivity index (χ4n) is 2.08. The van der Waals surface area contributed by atoms with Crippen LogP contribution in [0.5, 0.6) is 0 Å². The largest absolute Gasteiger partial charge is 0.396 e. The molecular formula is C14H18N4O3. The van der Waals surface area contributed by atoms with Crippen LogP contribution in [0.3, 0.4) is 0 Å². The molecule has 7 heteroatoms. The van der Waals surface area contributed by atoms with Crippen molar-refractivity contribution in [1.29, 1.82) is 0 Å². The minimum Gasteiger partial charge on any atom is -0.396 e. The van der Waals surface area contributed by atoms with Gasteiger partial charge < -0.3 is 10.4 Å². The van der Waals surface area contributed by atoms with Gasteiger partial charge in [0.2, 0.25) is 0 Å². The maximum atomic E-state index is 10.7. The highest BCUT2D eigenvalue weighted by Crippen LogP contribution is 2.24. The Morgan fingerprint density at radius 2 is 2.10 bits per heavy atom. The first-order valence-corrected chi connectivity index (χ1v) is 6.70. The lowest BCUT2D eigenvalue weighted by molar-refractivity contribution is -0.384. The normalized spacial score (nSPS) is 10.8. The number of non-ortho nitro benzene ring substituents is 1. The molecule has 0 aliphatic carbocycles. The Morgan fingerprint density at radius 1 is 1.38 bits per heavy atom. The zero-order valence-corrected chi connectivity index (χ0v) is 11.8. The Bertz CT molecular complexity index is 607. The number of hydrogen-bond acceptors (Lipinski definition) is 5. The maximum absolute atomic E-state index is 10.7. The lowest BCUT2D eigenvalue weighted by atomic mass is 10.1. The number of benzene rings is 1. The van der Waals surface area contributed by atoms with E-state index in [0.717, 1.165) is 23.4 Å². The molecule has 0 radical (unpaired) electrons. The van der Waals surface area contributed by atoms with E-state index in [4.69, 9.17) is 5.11 Å². The number of rotatable bonds is 7. The summed E-state index contributed by atoms with van der Waals surface area (Å²) < 4.78 is 1.72. The van der Waals surface area contributed by atoms with Crippen LogP contribution in [0, 0.1) is 10.1 Å². The van der Waals surface area contributed by atoms with Crippen molar-refractivity contribution in [2.45, 2.75) is 13.0 Å². The predicted molar refractivity (Wildman–Crippen MR) is 78.7 cm³/mol. The van der Waals surface area contributed by atoms with E-state index >= 15 is 0 Å². The molecule has 0 unspecified atom stereocenters. The molecule has 2 N–H and O–H groups in total. The van der Waals surface area contributed by atoms with E-state index in [1.54, 1.807) is 16.8 Å². The summed E-state index contributed by atoms with van der Waals surface area (Å²) >= 11 is 0. The molecule has 0 bridgehead atoms. The predicted octanol–water partition coefficient (Wildman–Crippen LogP) is 1.47. The van der Waals surface area contributed by atoms with Gasteiger partial charge in [-0.2, -0.15) is 5.10 Å². The Kier molecular flexibility index (Phi) is 5.02. The fourth-order valence-corrected chi connectivity index (χ4v) is 2.08. The third kappa shape index (κ3) is 3.87. The minimum atomic E-state index is -0.417. The van der Waals surface area contributed by atoms with Crippen molar-refractivity contribution in [3.63, 3.8) is 0 Å². The van der Waals surface area contributed by atoms with Crippen molar-refractivity contribution in [2.75, 3.05) is 13.2 Å². The highest BCUT2D eigenvalue weighted by atomic mass is 16.6. The van der Waals surface area contributed by atoms with Crippen molar-refractivity contribution in [2.24, 2.45) is 7.05 Å². The number of nitro groups is 1. The molecule has 0 atom stereocenters. The molecule has 7 nitrogen and oxygen atoms in total. The van der Waals surface area contributed by atoms with E-state index in [1.807, 2.05) is 13.2 Å². The smallest absolute Gasteiger partial charge is 0.269 e. The number of nitrogens with zero attached hydrogens (tertiary/aromatic N) is 3. The second-order valence-electron chi connectivity index (χ2n) is 4.73. The van der Waals surface area contributed by atoms with Crippen molar-refractivity contribution >= 4 is 5.69 Å². The van der Waals surface area contributed by atoms with Crippen molar-refractivity contribution in [3.8, 4) is 11.3 Å². The third-order valence-electron chi connectivity index (χ3n) is 3.08. The van der Waals surface area contributed by atoms with Gasteiger partial charge in [0, 0.05) is 49.7 Å². The Hall–Kier alpha value is -2.25. The van der Waals surface area contributed by atoms with Gasteiger partial charge in [0.05, 0.1) is 10.6 Å². The van der Waals surface area contributed by atoms with Crippen LogP contribution in [-0.2, 0) is 13.6 Å². The quantitative estimate of drug-likeness (QED) is 0.457. The highest BCUT2D eigenvalue weighted by molar-refractivity contribution is 5.64. The standard InChI is InChI=1S/C14H18N4O3/c1-17-10-12(9-15-7-2-8-19)14(16-17)11-3-5-13(6-4-11)18(20)21/h3-6,10,15,19H,2,7-9H2,1H3. The van der Waals surface area contributed by atoms with Gasteiger partial charge in [0.1, 0.15) is 0 Å². The number of nitrogens with one attached hydrogen (secondary N) is 1. The van der Waals surface area contributed by atoms with Crippen molar-refractivity contribution in [1.82, 2.24) is 15.1 Å². The van der Waals surface area contributed by atoms with E-state index < -0.39 is 4.92 Å². The summed E-state index contributed by atoms with van der Waals surface area (Å²) in [7, 11) is 1.84. The van der Waals surface area contributed by atoms with Crippen molar-refractivity contribution < 1.29 is 10.0 Å². The fraction of sp³-hybridized carbons (Fsp3) is 0.357. The summed E-state index contributed by atoms with van der Waals surface area (Å²) in [5.74, 6) is 0. The van der Waals surface area contributed by atoms with E-state index in [9.17, 15) is 10.1 Å². The summed E-state index contributed by atoms with van der Waals surface area (Å²) in [6, 6.07) is 6.37. The first-order valence-electron chi connectivity index (χ1n) is 6.70. The van der Waals surface area contributed by atoms with Gasteiger partial charge in [-0.3, -0.25) is 14.8 Å². The Balaban J connectivity index is 2.16. The molecule has 2 rings (SSSR count). The Morgan fingerprint density at radius 3 is 2.71 bits per heavy atom. The topological polar surface area (TPSA) is 93.2 Å². The Labute approximate surface area is 122 Å². The molecule has 0 saturated carbocycles. The summed E-state index contributed by atoms with van der Waals surface area (Å²) in [4.78, 5) is 10.3. The van der Waals surface area contributed by atoms with Crippen LogP contribution in [-0.4, -0.2) is 33.0 Å². The molecule has 2 aromatic rings. The lowest BCUT2D eigenvalue weighted by Gasteiger charge is -2.04. The van der Waals surface area contributed by atoms with Gasteiger partial charge in [-0.1, -0.05) is 0 Å². The van der Waals surface area contributed by atoms with Crippen LogP contribution >= 0.6 is 0 Å². The summed E-state index contributed by atoms with van der Waals surface area (Å²) in [6.45, 7) is 1.53. The van der Waals surface area contributed by atoms with Crippen LogP contribution in [0.15, 0.2) is 30.5 Å². The molecule has 0 aliphatic heterocycles. The number of aromatic nitrogens is 2. The molecule has 112 valence electrons. The van der Waals surface area contributed by atoms with Crippen LogP contribution in [0.1, 0.15) is 12.0 Å².